The van der Waals surface area contributed by atoms with Crippen LogP contribution in [0.25, 0.3) is 0 Å². The largest absolute Gasteiger partial charge is 0.497 e. The van der Waals surface area contributed by atoms with Crippen LogP contribution in [-0.2, 0) is 12.0 Å². The topological polar surface area (TPSA) is 59.0 Å². The number of ketones is 1. The van der Waals surface area contributed by atoms with E-state index in [0.717, 1.165) is 30.8 Å². The van der Waals surface area contributed by atoms with Crippen LogP contribution >= 0.6 is 0 Å². The van der Waals surface area contributed by atoms with Gasteiger partial charge in [0.1, 0.15) is 17.1 Å². The molecule has 2 unspecified atom stereocenters. The molecule has 4 rings (SSSR count). The highest BCUT2D eigenvalue weighted by molar-refractivity contribution is 5.99. The average molecular weight is 446 g/mol. The van der Waals surface area contributed by atoms with Gasteiger partial charge in [-0.3, -0.25) is 4.79 Å². The van der Waals surface area contributed by atoms with E-state index in [-0.39, 0.29) is 5.78 Å². The molecule has 5 nitrogen and oxygen atoms in total. The first-order valence-corrected chi connectivity index (χ1v) is 11.3. The lowest BCUT2D eigenvalue weighted by Gasteiger charge is -2.44. The van der Waals surface area contributed by atoms with Crippen LogP contribution in [0.15, 0.2) is 78.9 Å². The second-order valence-electron chi connectivity index (χ2n) is 8.58. The van der Waals surface area contributed by atoms with Crippen molar-refractivity contribution < 1.29 is 19.4 Å². The van der Waals surface area contributed by atoms with Crippen LogP contribution in [0, 0.1) is 5.92 Å². The van der Waals surface area contributed by atoms with E-state index in [4.69, 9.17) is 9.47 Å². The fraction of sp³-hybridized carbons (Fsp3) is 0.321. The van der Waals surface area contributed by atoms with Crippen LogP contribution in [0.3, 0.4) is 0 Å². The fourth-order valence-electron chi connectivity index (χ4n) is 4.62. The Morgan fingerprint density at radius 2 is 1.55 bits per heavy atom. The van der Waals surface area contributed by atoms with Gasteiger partial charge in [-0.15, -0.1) is 0 Å². The lowest BCUT2D eigenvalue weighted by Crippen LogP contribution is -2.53. The van der Waals surface area contributed by atoms with Crippen molar-refractivity contribution in [3.63, 3.8) is 0 Å². The second kappa shape index (κ2) is 10.2. The molecule has 5 heteroatoms. The molecule has 172 valence electrons. The molecule has 0 aliphatic carbocycles. The van der Waals surface area contributed by atoms with Crippen molar-refractivity contribution in [1.82, 2.24) is 4.90 Å². The molecule has 1 heterocycles. The monoisotopic (exact) mass is 445 g/mol. The van der Waals surface area contributed by atoms with Crippen LogP contribution in [0.5, 0.6) is 11.5 Å². The molecule has 1 N–H and O–H groups in total. The maximum Gasteiger partial charge on any atom is 0.170 e. The average Bonchev–Trinajstić information content (AvgIpc) is 2.88. The van der Waals surface area contributed by atoms with Gasteiger partial charge in [-0.2, -0.15) is 0 Å². The van der Waals surface area contributed by atoms with E-state index in [1.807, 2.05) is 42.5 Å². The lowest BCUT2D eigenvalue weighted by atomic mass is 9.72. The Morgan fingerprint density at radius 1 is 0.939 bits per heavy atom. The van der Waals surface area contributed by atoms with Crippen molar-refractivity contribution in [2.24, 2.45) is 5.92 Å². The van der Waals surface area contributed by atoms with Crippen molar-refractivity contribution in [3.05, 3.63) is 95.6 Å². The van der Waals surface area contributed by atoms with Crippen molar-refractivity contribution in [2.45, 2.75) is 18.4 Å². The van der Waals surface area contributed by atoms with Gasteiger partial charge >= 0.3 is 0 Å². The molecule has 0 saturated carbocycles. The Hall–Kier alpha value is -3.15. The van der Waals surface area contributed by atoms with Crippen LogP contribution < -0.4 is 9.47 Å². The van der Waals surface area contributed by atoms with Crippen LogP contribution in [0.2, 0.25) is 0 Å². The SMILES string of the molecule is COc1ccc(C(=O)C2CN(CCc3ccccc3)CCC2(O)c2ccc(OC)cc2)cc1. The Kier molecular flexibility index (Phi) is 7.11. The van der Waals surface area contributed by atoms with Crippen molar-refractivity contribution in [1.29, 1.82) is 0 Å². The molecule has 1 saturated heterocycles. The fourth-order valence-corrected chi connectivity index (χ4v) is 4.62. The molecule has 3 aromatic rings. The summed E-state index contributed by atoms with van der Waals surface area (Å²) in [5, 5.41) is 11.9. The summed E-state index contributed by atoms with van der Waals surface area (Å²) in [6.07, 6.45) is 1.39. The van der Waals surface area contributed by atoms with Crippen LogP contribution in [0.1, 0.15) is 27.9 Å². The third-order valence-electron chi connectivity index (χ3n) is 6.67. The standard InChI is InChI=1S/C28H31NO4/c1-32-24-12-8-22(9-13-24)27(30)26-20-29(18-16-21-6-4-3-5-7-21)19-17-28(26,31)23-10-14-25(33-2)15-11-23/h3-15,26,31H,16-20H2,1-2H3. The molecule has 33 heavy (non-hydrogen) atoms. The summed E-state index contributed by atoms with van der Waals surface area (Å²) in [7, 11) is 3.22. The van der Waals surface area contributed by atoms with E-state index in [9.17, 15) is 9.90 Å². The molecule has 0 aromatic heterocycles. The minimum Gasteiger partial charge on any atom is -0.497 e. The Balaban J connectivity index is 1.60. The van der Waals surface area contributed by atoms with Gasteiger partial charge in [-0.1, -0.05) is 42.5 Å². The van der Waals surface area contributed by atoms with Gasteiger partial charge in [0.25, 0.3) is 0 Å². The molecule has 1 aliphatic heterocycles. The molecule has 0 spiro atoms. The molecule has 0 bridgehead atoms. The molecule has 1 fully saturated rings. The minimum atomic E-state index is -1.24. The number of hydrogen-bond donors (Lipinski definition) is 1. The van der Waals surface area contributed by atoms with Gasteiger partial charge in [0.15, 0.2) is 5.78 Å². The van der Waals surface area contributed by atoms with Crippen molar-refractivity contribution in [2.75, 3.05) is 33.9 Å². The first kappa shape index (κ1) is 23.0. The maximum absolute atomic E-state index is 13.7. The summed E-state index contributed by atoms with van der Waals surface area (Å²) < 4.78 is 10.5. The highest BCUT2D eigenvalue weighted by Crippen LogP contribution is 2.40. The predicted octanol–water partition coefficient (Wildman–Crippen LogP) is 4.34. The highest BCUT2D eigenvalue weighted by atomic mass is 16.5. The van der Waals surface area contributed by atoms with Gasteiger partial charge in [0, 0.05) is 25.2 Å². The van der Waals surface area contributed by atoms with Crippen LogP contribution in [-0.4, -0.2) is 49.6 Å². The number of carbonyl (C=O) groups excluding carboxylic acids is 1. The maximum atomic E-state index is 13.7. The molecule has 0 radical (unpaired) electrons. The van der Waals surface area contributed by atoms with Crippen molar-refractivity contribution in [3.8, 4) is 11.5 Å². The van der Waals surface area contributed by atoms with E-state index in [1.165, 1.54) is 5.56 Å². The summed E-state index contributed by atoms with van der Waals surface area (Å²) in [5.74, 6) is 0.787. The number of carbonyl (C=O) groups is 1. The molecule has 3 aromatic carbocycles. The minimum absolute atomic E-state index is 0.0552. The van der Waals surface area contributed by atoms with Gasteiger partial charge in [0.05, 0.1) is 20.1 Å². The quantitative estimate of drug-likeness (QED) is 0.523. The first-order chi connectivity index (χ1) is 16.0. The zero-order chi connectivity index (χ0) is 23.3. The van der Waals surface area contributed by atoms with Crippen LogP contribution in [0.4, 0.5) is 0 Å². The Bertz CT molecular complexity index is 1050. The Morgan fingerprint density at radius 3 is 2.15 bits per heavy atom. The number of ether oxygens (including phenoxy) is 2. The molecule has 1 aliphatic rings. The molecule has 0 amide bonds. The number of piperidine rings is 1. The summed E-state index contributed by atoms with van der Waals surface area (Å²) >= 11 is 0. The predicted molar refractivity (Wildman–Crippen MR) is 129 cm³/mol. The zero-order valence-corrected chi connectivity index (χ0v) is 19.2. The highest BCUT2D eigenvalue weighted by Gasteiger charge is 2.46. The first-order valence-electron chi connectivity index (χ1n) is 11.3. The van der Waals surface area contributed by atoms with E-state index in [2.05, 4.69) is 17.0 Å². The number of aliphatic hydroxyl groups is 1. The van der Waals surface area contributed by atoms with Gasteiger partial charge in [-0.05, 0) is 60.4 Å². The molecule has 2 atom stereocenters. The number of Topliss-reactive ketones (excluding diaryl/α,β-unsaturated/α-hetero) is 1. The number of rotatable bonds is 8. The number of likely N-dealkylation sites (tertiary alicyclic amines) is 1. The van der Waals surface area contributed by atoms with E-state index >= 15 is 0 Å². The summed E-state index contributed by atoms with van der Waals surface area (Å²) in [5.41, 5.74) is 1.36. The number of nitrogens with zero attached hydrogens (tertiary/aromatic N) is 1. The lowest BCUT2D eigenvalue weighted by molar-refractivity contribution is -0.0639. The molecular weight excluding hydrogens is 414 g/mol. The zero-order valence-electron chi connectivity index (χ0n) is 19.2. The van der Waals surface area contributed by atoms with Gasteiger partial charge < -0.3 is 19.5 Å². The smallest absolute Gasteiger partial charge is 0.170 e. The van der Waals surface area contributed by atoms with Crippen molar-refractivity contribution >= 4 is 5.78 Å². The summed E-state index contributed by atoms with van der Waals surface area (Å²) in [4.78, 5) is 16.0. The summed E-state index contributed by atoms with van der Waals surface area (Å²) in [6, 6.07) is 24.9. The molecular formula is C28H31NO4. The van der Waals surface area contributed by atoms with Gasteiger partial charge in [-0.25, -0.2) is 0 Å². The number of benzene rings is 3. The second-order valence-corrected chi connectivity index (χ2v) is 8.58. The van der Waals surface area contributed by atoms with E-state index in [0.29, 0.717) is 24.3 Å². The Labute approximate surface area is 195 Å². The third-order valence-corrected chi connectivity index (χ3v) is 6.67. The normalized spacial score (nSPS) is 20.9. The third kappa shape index (κ3) is 5.10. The summed E-state index contributed by atoms with van der Waals surface area (Å²) in [6.45, 7) is 2.07. The van der Waals surface area contributed by atoms with Gasteiger partial charge in [0.2, 0.25) is 0 Å². The van der Waals surface area contributed by atoms with E-state index < -0.39 is 11.5 Å². The number of methoxy groups -OCH3 is 2. The number of hydrogen-bond acceptors (Lipinski definition) is 5. The van der Waals surface area contributed by atoms with E-state index in [1.54, 1.807) is 38.5 Å².